The molecule has 3 rings (SSSR count). The van der Waals surface area contributed by atoms with E-state index in [1.165, 1.54) is 18.2 Å². The van der Waals surface area contributed by atoms with Gasteiger partial charge in [-0.2, -0.15) is 8.42 Å². The lowest BCUT2D eigenvalue weighted by molar-refractivity contribution is 0.161. The molecule has 152 valence electrons. The van der Waals surface area contributed by atoms with E-state index in [9.17, 15) is 23.2 Å². The SMILES string of the molecule is O=S(=O)(O)c1cccc(N(CC(O)c2ccccc2)CC(O)c2ccccc2)c1. The maximum absolute atomic E-state index is 11.5. The summed E-state index contributed by atoms with van der Waals surface area (Å²) >= 11 is 0. The first-order valence-electron chi connectivity index (χ1n) is 9.13. The Labute approximate surface area is 170 Å². The molecule has 0 aliphatic carbocycles. The van der Waals surface area contributed by atoms with Crippen LogP contribution in [0.15, 0.2) is 89.8 Å². The van der Waals surface area contributed by atoms with Gasteiger partial charge in [-0.25, -0.2) is 0 Å². The summed E-state index contributed by atoms with van der Waals surface area (Å²) in [6, 6.07) is 24.0. The molecule has 7 heteroatoms. The first-order chi connectivity index (χ1) is 13.8. The molecule has 2 atom stereocenters. The molecule has 3 aromatic carbocycles. The highest BCUT2D eigenvalue weighted by atomic mass is 32.2. The van der Waals surface area contributed by atoms with E-state index in [1.54, 1.807) is 35.2 Å². The van der Waals surface area contributed by atoms with Gasteiger partial charge < -0.3 is 15.1 Å². The number of rotatable bonds is 8. The maximum Gasteiger partial charge on any atom is 0.294 e. The van der Waals surface area contributed by atoms with Crippen LogP contribution in [-0.4, -0.2) is 36.3 Å². The smallest absolute Gasteiger partial charge is 0.294 e. The predicted molar refractivity (Wildman–Crippen MR) is 111 cm³/mol. The Morgan fingerprint density at radius 3 is 1.66 bits per heavy atom. The average Bonchev–Trinajstić information content (AvgIpc) is 2.74. The topological polar surface area (TPSA) is 98.1 Å². The quantitative estimate of drug-likeness (QED) is 0.491. The van der Waals surface area contributed by atoms with E-state index in [1.807, 2.05) is 36.4 Å². The van der Waals surface area contributed by atoms with Gasteiger partial charge in [0.2, 0.25) is 0 Å². The highest BCUT2D eigenvalue weighted by molar-refractivity contribution is 7.85. The largest absolute Gasteiger partial charge is 0.387 e. The first-order valence-corrected chi connectivity index (χ1v) is 10.6. The van der Waals surface area contributed by atoms with Crippen molar-refractivity contribution < 1.29 is 23.2 Å². The molecule has 0 bridgehead atoms. The molecule has 0 heterocycles. The molecule has 2 unspecified atom stereocenters. The molecule has 3 aromatic rings. The molecule has 0 amide bonds. The van der Waals surface area contributed by atoms with Gasteiger partial charge in [-0.05, 0) is 29.3 Å². The van der Waals surface area contributed by atoms with Crippen LogP contribution in [0.4, 0.5) is 5.69 Å². The molecule has 0 spiro atoms. The zero-order valence-corrected chi connectivity index (χ0v) is 16.5. The number of aliphatic hydroxyl groups excluding tert-OH is 2. The summed E-state index contributed by atoms with van der Waals surface area (Å²) in [5, 5.41) is 21.3. The van der Waals surface area contributed by atoms with E-state index in [0.29, 0.717) is 16.8 Å². The van der Waals surface area contributed by atoms with Gasteiger partial charge in [0.05, 0.1) is 17.1 Å². The van der Waals surface area contributed by atoms with Crippen LogP contribution in [0.3, 0.4) is 0 Å². The van der Waals surface area contributed by atoms with Crippen LogP contribution in [0, 0.1) is 0 Å². The fourth-order valence-electron chi connectivity index (χ4n) is 3.10. The van der Waals surface area contributed by atoms with Crippen molar-refractivity contribution >= 4 is 15.8 Å². The molecule has 6 nitrogen and oxygen atoms in total. The Balaban J connectivity index is 1.91. The zero-order valence-electron chi connectivity index (χ0n) is 15.7. The summed E-state index contributed by atoms with van der Waals surface area (Å²) < 4.78 is 32.4. The monoisotopic (exact) mass is 413 g/mol. The maximum atomic E-state index is 11.5. The second-order valence-electron chi connectivity index (χ2n) is 6.73. The van der Waals surface area contributed by atoms with Crippen molar-refractivity contribution in [2.45, 2.75) is 17.1 Å². The second kappa shape index (κ2) is 9.19. The van der Waals surface area contributed by atoms with Crippen LogP contribution < -0.4 is 4.90 Å². The number of hydrogen-bond acceptors (Lipinski definition) is 5. The standard InChI is InChI=1S/C22H23NO5S/c24-21(17-8-3-1-4-9-17)15-23(16-22(25)18-10-5-2-6-11-18)19-12-7-13-20(14-19)29(26,27)28/h1-14,21-22,24-25H,15-16H2,(H,26,27,28). The summed E-state index contributed by atoms with van der Waals surface area (Å²) in [6.07, 6.45) is -1.71. The lowest BCUT2D eigenvalue weighted by Crippen LogP contribution is -2.33. The van der Waals surface area contributed by atoms with Crippen molar-refractivity contribution in [2.24, 2.45) is 0 Å². The lowest BCUT2D eigenvalue weighted by Gasteiger charge is -2.30. The molecule has 0 saturated heterocycles. The molecule has 29 heavy (non-hydrogen) atoms. The highest BCUT2D eigenvalue weighted by Gasteiger charge is 2.20. The minimum Gasteiger partial charge on any atom is -0.387 e. The van der Waals surface area contributed by atoms with Gasteiger partial charge >= 0.3 is 0 Å². The van der Waals surface area contributed by atoms with E-state index < -0.39 is 22.3 Å². The van der Waals surface area contributed by atoms with Gasteiger partial charge in [-0.3, -0.25) is 4.55 Å². The van der Waals surface area contributed by atoms with Crippen LogP contribution >= 0.6 is 0 Å². The summed E-state index contributed by atoms with van der Waals surface area (Å²) in [4.78, 5) is 1.45. The molecule has 0 aliphatic heterocycles. The third-order valence-electron chi connectivity index (χ3n) is 4.64. The van der Waals surface area contributed by atoms with Gasteiger partial charge in [-0.15, -0.1) is 0 Å². The van der Waals surface area contributed by atoms with Gasteiger partial charge in [-0.1, -0.05) is 66.7 Å². The van der Waals surface area contributed by atoms with Crippen LogP contribution in [0.1, 0.15) is 23.3 Å². The van der Waals surface area contributed by atoms with E-state index in [2.05, 4.69) is 0 Å². The molecule has 0 saturated carbocycles. The number of anilines is 1. The van der Waals surface area contributed by atoms with Crippen molar-refractivity contribution in [3.63, 3.8) is 0 Å². The van der Waals surface area contributed by atoms with Crippen molar-refractivity contribution in [3.05, 3.63) is 96.1 Å². The molecule has 0 fully saturated rings. The van der Waals surface area contributed by atoms with Gasteiger partial charge in [0.15, 0.2) is 0 Å². The molecular formula is C22H23NO5S. The summed E-state index contributed by atoms with van der Waals surface area (Å²) in [7, 11) is -4.37. The fraction of sp³-hybridized carbons (Fsp3) is 0.182. The van der Waals surface area contributed by atoms with E-state index in [-0.39, 0.29) is 18.0 Å². The molecular weight excluding hydrogens is 390 g/mol. The Morgan fingerprint density at radius 1 is 0.724 bits per heavy atom. The normalized spacial score (nSPS) is 13.6. The number of hydrogen-bond donors (Lipinski definition) is 3. The van der Waals surface area contributed by atoms with Gasteiger partial charge in [0.1, 0.15) is 0 Å². The third-order valence-corrected chi connectivity index (χ3v) is 5.49. The van der Waals surface area contributed by atoms with Crippen LogP contribution in [-0.2, 0) is 10.1 Å². The Kier molecular flexibility index (Phi) is 6.66. The molecule has 0 aromatic heterocycles. The number of aliphatic hydroxyl groups is 2. The van der Waals surface area contributed by atoms with Crippen LogP contribution in [0.2, 0.25) is 0 Å². The summed E-state index contributed by atoms with van der Waals surface area (Å²) in [5.74, 6) is 0. The lowest BCUT2D eigenvalue weighted by atomic mass is 10.1. The highest BCUT2D eigenvalue weighted by Crippen LogP contribution is 2.25. The van der Waals surface area contributed by atoms with Crippen molar-refractivity contribution in [3.8, 4) is 0 Å². The molecule has 3 N–H and O–H groups in total. The Morgan fingerprint density at radius 2 is 1.21 bits per heavy atom. The van der Waals surface area contributed by atoms with Gasteiger partial charge in [0, 0.05) is 18.8 Å². The van der Waals surface area contributed by atoms with E-state index >= 15 is 0 Å². The average molecular weight is 413 g/mol. The van der Waals surface area contributed by atoms with Crippen molar-refractivity contribution in [1.82, 2.24) is 0 Å². The minimum absolute atomic E-state index is 0.128. The summed E-state index contributed by atoms with van der Waals surface area (Å²) in [6.45, 7) is 0.256. The zero-order chi connectivity index (χ0) is 20.9. The third kappa shape index (κ3) is 5.65. The number of benzene rings is 3. The molecule has 0 radical (unpaired) electrons. The fourth-order valence-corrected chi connectivity index (χ4v) is 3.62. The Hall–Kier alpha value is -2.71. The van der Waals surface area contributed by atoms with Crippen molar-refractivity contribution in [2.75, 3.05) is 18.0 Å². The first kappa shape index (κ1) is 21.0. The Bertz CT molecular complexity index is 978. The summed E-state index contributed by atoms with van der Waals surface area (Å²) in [5.41, 5.74) is 1.88. The molecule has 0 aliphatic rings. The number of nitrogens with zero attached hydrogens (tertiary/aromatic N) is 1. The van der Waals surface area contributed by atoms with E-state index in [4.69, 9.17) is 0 Å². The predicted octanol–water partition coefficient (Wildman–Crippen LogP) is 3.21. The second-order valence-corrected chi connectivity index (χ2v) is 8.15. The van der Waals surface area contributed by atoms with Crippen LogP contribution in [0.5, 0.6) is 0 Å². The van der Waals surface area contributed by atoms with Gasteiger partial charge in [0.25, 0.3) is 10.1 Å². The van der Waals surface area contributed by atoms with Crippen LogP contribution in [0.25, 0.3) is 0 Å². The van der Waals surface area contributed by atoms with Crippen molar-refractivity contribution in [1.29, 1.82) is 0 Å². The van der Waals surface area contributed by atoms with E-state index in [0.717, 1.165) is 0 Å². The minimum atomic E-state index is -4.37.